The Balaban J connectivity index is 3.42. The van der Waals surface area contributed by atoms with Gasteiger partial charge in [0.1, 0.15) is 6.29 Å². The van der Waals surface area contributed by atoms with E-state index in [1.807, 2.05) is 0 Å². The molecule has 0 saturated heterocycles. The summed E-state index contributed by atoms with van der Waals surface area (Å²) in [5.74, 6) is 1.50. The van der Waals surface area contributed by atoms with Crippen LogP contribution in [-0.4, -0.2) is 6.29 Å². The van der Waals surface area contributed by atoms with Gasteiger partial charge in [-0.05, 0) is 11.8 Å². The Hall–Kier alpha value is -0.330. The maximum Gasteiger partial charge on any atom is 0.120 e. The van der Waals surface area contributed by atoms with Gasteiger partial charge in [-0.2, -0.15) is 0 Å². The van der Waals surface area contributed by atoms with E-state index in [-0.39, 0.29) is 0 Å². The predicted octanol–water partition coefficient (Wildman–Crippen LogP) is 3.82. The molecule has 0 rings (SSSR count). The first-order valence-electron chi connectivity index (χ1n) is 5.68. The van der Waals surface area contributed by atoms with Crippen molar-refractivity contribution < 1.29 is 4.79 Å². The molecule has 0 N–H and O–H groups in total. The van der Waals surface area contributed by atoms with Gasteiger partial charge < -0.3 is 4.79 Å². The molecule has 1 nitrogen and oxygen atoms in total. The van der Waals surface area contributed by atoms with Crippen LogP contribution in [0.1, 0.15) is 59.3 Å². The molecule has 2 atom stereocenters. The Kier molecular flexibility index (Phi) is 8.07. The molecule has 0 aromatic rings. The third-order valence-corrected chi connectivity index (χ3v) is 3.01. The summed E-state index contributed by atoms with van der Waals surface area (Å²) in [6, 6.07) is 0. The van der Waals surface area contributed by atoms with Crippen molar-refractivity contribution in [1.29, 1.82) is 0 Å². The van der Waals surface area contributed by atoms with Gasteiger partial charge in [0.15, 0.2) is 0 Å². The smallest absolute Gasteiger partial charge is 0.120 e. The topological polar surface area (TPSA) is 17.1 Å². The van der Waals surface area contributed by atoms with Gasteiger partial charge in [0.2, 0.25) is 0 Å². The lowest BCUT2D eigenvalue weighted by atomic mass is 9.93. The van der Waals surface area contributed by atoms with Crippen LogP contribution in [0.25, 0.3) is 0 Å². The van der Waals surface area contributed by atoms with E-state index in [1.165, 1.54) is 25.7 Å². The van der Waals surface area contributed by atoms with Crippen molar-refractivity contribution in [1.82, 2.24) is 0 Å². The maximum absolute atomic E-state index is 10.3. The van der Waals surface area contributed by atoms with Gasteiger partial charge in [0.25, 0.3) is 0 Å². The first-order valence-corrected chi connectivity index (χ1v) is 5.68. The lowest BCUT2D eigenvalue weighted by Gasteiger charge is -2.13. The van der Waals surface area contributed by atoms with Crippen molar-refractivity contribution in [2.24, 2.45) is 11.8 Å². The Morgan fingerprint density at radius 1 is 1.15 bits per heavy atom. The second-order valence-electron chi connectivity index (χ2n) is 4.12. The van der Waals surface area contributed by atoms with Crippen LogP contribution in [0.15, 0.2) is 0 Å². The van der Waals surface area contributed by atoms with E-state index in [9.17, 15) is 4.79 Å². The zero-order valence-corrected chi connectivity index (χ0v) is 9.38. The maximum atomic E-state index is 10.3. The first-order chi connectivity index (χ1) is 6.24. The van der Waals surface area contributed by atoms with Gasteiger partial charge in [-0.1, -0.05) is 52.9 Å². The van der Waals surface area contributed by atoms with E-state index in [4.69, 9.17) is 0 Å². The summed E-state index contributed by atoms with van der Waals surface area (Å²) in [4.78, 5) is 10.3. The lowest BCUT2D eigenvalue weighted by Crippen LogP contribution is -2.01. The summed E-state index contributed by atoms with van der Waals surface area (Å²) in [6.45, 7) is 6.73. The molecule has 0 bridgehead atoms. The summed E-state index contributed by atoms with van der Waals surface area (Å²) in [5.41, 5.74) is 0. The minimum Gasteiger partial charge on any atom is -0.303 e. The lowest BCUT2D eigenvalue weighted by molar-refractivity contribution is -0.108. The minimum absolute atomic E-state index is 0.640. The number of carbonyl (C=O) groups is 1. The van der Waals surface area contributed by atoms with Crippen LogP contribution in [0.3, 0.4) is 0 Å². The average molecular weight is 184 g/mol. The Morgan fingerprint density at radius 2 is 1.85 bits per heavy atom. The highest BCUT2D eigenvalue weighted by atomic mass is 16.1. The van der Waals surface area contributed by atoms with Crippen molar-refractivity contribution >= 4 is 6.29 Å². The fourth-order valence-electron chi connectivity index (χ4n) is 1.58. The van der Waals surface area contributed by atoms with Crippen molar-refractivity contribution in [2.75, 3.05) is 0 Å². The number of hydrogen-bond acceptors (Lipinski definition) is 1. The molecule has 0 fully saturated rings. The molecule has 0 aliphatic heterocycles. The molecule has 0 amide bonds. The van der Waals surface area contributed by atoms with Gasteiger partial charge in [-0.3, -0.25) is 0 Å². The fourth-order valence-corrected chi connectivity index (χ4v) is 1.58. The largest absolute Gasteiger partial charge is 0.303 e. The molecule has 0 aliphatic rings. The molecule has 78 valence electrons. The molecule has 1 heteroatoms. The molecule has 0 radical (unpaired) electrons. The number of rotatable bonds is 8. The van der Waals surface area contributed by atoms with Crippen LogP contribution < -0.4 is 0 Å². The minimum atomic E-state index is 0.640. The third kappa shape index (κ3) is 6.80. The highest BCUT2D eigenvalue weighted by molar-refractivity contribution is 5.49. The van der Waals surface area contributed by atoms with Crippen molar-refractivity contribution in [2.45, 2.75) is 59.3 Å². The molecular weight excluding hydrogens is 160 g/mol. The van der Waals surface area contributed by atoms with Gasteiger partial charge in [0.05, 0.1) is 0 Å². The van der Waals surface area contributed by atoms with Crippen LogP contribution in [0, 0.1) is 11.8 Å². The third-order valence-electron chi connectivity index (χ3n) is 3.01. The first kappa shape index (κ1) is 12.7. The molecular formula is C12H24O. The number of aldehydes is 1. The summed E-state index contributed by atoms with van der Waals surface area (Å²) in [6.07, 6.45) is 8.12. The molecule has 2 unspecified atom stereocenters. The Morgan fingerprint density at radius 3 is 2.31 bits per heavy atom. The zero-order valence-electron chi connectivity index (χ0n) is 9.38. The molecule has 0 aliphatic carbocycles. The second-order valence-corrected chi connectivity index (χ2v) is 4.12. The molecule has 0 saturated carbocycles. The van der Waals surface area contributed by atoms with Crippen LogP contribution in [0.2, 0.25) is 0 Å². The van der Waals surface area contributed by atoms with Crippen LogP contribution in [0.4, 0.5) is 0 Å². The van der Waals surface area contributed by atoms with E-state index >= 15 is 0 Å². The van der Waals surface area contributed by atoms with Gasteiger partial charge in [-0.15, -0.1) is 0 Å². The van der Waals surface area contributed by atoms with Crippen molar-refractivity contribution in [3.63, 3.8) is 0 Å². The highest BCUT2D eigenvalue weighted by Gasteiger charge is 2.06. The molecule has 0 aromatic heterocycles. The normalized spacial score (nSPS) is 15.3. The van der Waals surface area contributed by atoms with E-state index < -0.39 is 0 Å². The molecule has 13 heavy (non-hydrogen) atoms. The Bertz CT molecular complexity index is 120. The van der Waals surface area contributed by atoms with Gasteiger partial charge >= 0.3 is 0 Å². The standard InChI is InChI=1S/C12H24O/c1-4-11(3)7-6-8-12(5-2)9-10-13/h10-12H,4-9H2,1-3H3. The van der Waals surface area contributed by atoms with Crippen LogP contribution in [-0.2, 0) is 4.79 Å². The summed E-state index contributed by atoms with van der Waals surface area (Å²) >= 11 is 0. The SMILES string of the molecule is CCC(C)CCCC(CC)CC=O. The van der Waals surface area contributed by atoms with E-state index in [2.05, 4.69) is 20.8 Å². The predicted molar refractivity (Wildman–Crippen MR) is 57.8 cm³/mol. The second kappa shape index (κ2) is 8.28. The van der Waals surface area contributed by atoms with Gasteiger partial charge in [0, 0.05) is 6.42 Å². The van der Waals surface area contributed by atoms with E-state index in [0.717, 1.165) is 25.0 Å². The Labute approximate surface area is 82.9 Å². The molecule has 0 spiro atoms. The molecule has 0 heterocycles. The highest BCUT2D eigenvalue weighted by Crippen LogP contribution is 2.18. The fraction of sp³-hybridized carbons (Fsp3) is 0.917. The summed E-state index contributed by atoms with van der Waals surface area (Å²) < 4.78 is 0. The van der Waals surface area contributed by atoms with Crippen molar-refractivity contribution in [3.8, 4) is 0 Å². The molecule has 0 aromatic carbocycles. The van der Waals surface area contributed by atoms with Crippen LogP contribution >= 0.6 is 0 Å². The zero-order chi connectivity index (χ0) is 10.1. The van der Waals surface area contributed by atoms with E-state index in [0.29, 0.717) is 5.92 Å². The van der Waals surface area contributed by atoms with Crippen LogP contribution in [0.5, 0.6) is 0 Å². The summed E-state index contributed by atoms with van der Waals surface area (Å²) in [5, 5.41) is 0. The number of hydrogen-bond donors (Lipinski definition) is 0. The number of carbonyl (C=O) groups excluding carboxylic acids is 1. The monoisotopic (exact) mass is 184 g/mol. The van der Waals surface area contributed by atoms with Gasteiger partial charge in [-0.25, -0.2) is 0 Å². The van der Waals surface area contributed by atoms with E-state index in [1.54, 1.807) is 0 Å². The quantitative estimate of drug-likeness (QED) is 0.524. The average Bonchev–Trinajstić information content (AvgIpc) is 2.16. The summed E-state index contributed by atoms with van der Waals surface area (Å²) in [7, 11) is 0. The van der Waals surface area contributed by atoms with Crippen molar-refractivity contribution in [3.05, 3.63) is 0 Å².